The van der Waals surface area contributed by atoms with Gasteiger partial charge in [0.05, 0.1) is 11.9 Å². The van der Waals surface area contributed by atoms with Crippen molar-refractivity contribution >= 4 is 21.6 Å². The Kier molecular flexibility index (Phi) is 7.02. The largest absolute Gasteiger partial charge is 0.354 e. The standard InChI is InChI=1S/C21H28N2O3S/c1-16-10-12-20(13-11-16)23(27(4,25)26)18(3)21(24)22-14-6-9-19-8-5-7-17(2)15-19/h5,7-8,10-13,15,18H,6,9,14H2,1-4H3,(H,22,24). The number of amides is 1. The maximum atomic E-state index is 12.5. The van der Waals surface area contributed by atoms with Gasteiger partial charge in [0.1, 0.15) is 6.04 Å². The highest BCUT2D eigenvalue weighted by molar-refractivity contribution is 7.92. The zero-order valence-electron chi connectivity index (χ0n) is 16.4. The van der Waals surface area contributed by atoms with Crippen LogP contribution in [0.2, 0.25) is 0 Å². The number of hydrogen-bond donors (Lipinski definition) is 1. The van der Waals surface area contributed by atoms with E-state index in [1.807, 2.05) is 25.1 Å². The first-order chi connectivity index (χ1) is 12.7. The summed E-state index contributed by atoms with van der Waals surface area (Å²) in [6.45, 7) is 6.09. The van der Waals surface area contributed by atoms with E-state index in [1.165, 1.54) is 15.4 Å². The average Bonchev–Trinajstić information content (AvgIpc) is 2.59. The lowest BCUT2D eigenvalue weighted by molar-refractivity contribution is -0.121. The van der Waals surface area contributed by atoms with Crippen LogP contribution in [0.3, 0.4) is 0 Å². The van der Waals surface area contributed by atoms with Gasteiger partial charge in [0.25, 0.3) is 0 Å². The Morgan fingerprint density at radius 3 is 2.33 bits per heavy atom. The van der Waals surface area contributed by atoms with Gasteiger partial charge in [-0.3, -0.25) is 9.10 Å². The lowest BCUT2D eigenvalue weighted by Gasteiger charge is -2.28. The topological polar surface area (TPSA) is 66.5 Å². The number of carbonyl (C=O) groups excluding carboxylic acids is 1. The molecule has 2 rings (SSSR count). The highest BCUT2D eigenvalue weighted by atomic mass is 32.2. The van der Waals surface area contributed by atoms with Crippen LogP contribution in [0.5, 0.6) is 0 Å². The van der Waals surface area contributed by atoms with Crippen molar-refractivity contribution in [3.05, 3.63) is 65.2 Å². The number of aryl methyl sites for hydroxylation is 3. The van der Waals surface area contributed by atoms with Crippen molar-refractivity contribution in [1.29, 1.82) is 0 Å². The molecule has 5 nitrogen and oxygen atoms in total. The van der Waals surface area contributed by atoms with Crippen LogP contribution in [0.25, 0.3) is 0 Å². The lowest BCUT2D eigenvalue weighted by Crippen LogP contribution is -2.48. The summed E-state index contributed by atoms with van der Waals surface area (Å²) in [6, 6.07) is 14.6. The molecule has 146 valence electrons. The van der Waals surface area contributed by atoms with E-state index in [2.05, 4.69) is 30.4 Å². The minimum atomic E-state index is -3.58. The number of anilines is 1. The number of rotatable bonds is 8. The Morgan fingerprint density at radius 1 is 1.07 bits per heavy atom. The molecule has 0 aliphatic rings. The molecule has 0 aromatic heterocycles. The minimum Gasteiger partial charge on any atom is -0.354 e. The van der Waals surface area contributed by atoms with Crippen LogP contribution in [-0.4, -0.2) is 33.2 Å². The van der Waals surface area contributed by atoms with Crippen LogP contribution in [0.1, 0.15) is 30.0 Å². The molecular weight excluding hydrogens is 360 g/mol. The van der Waals surface area contributed by atoms with Crippen molar-refractivity contribution in [2.75, 3.05) is 17.1 Å². The first kappa shape index (κ1) is 21.0. The van der Waals surface area contributed by atoms with Crippen LogP contribution < -0.4 is 9.62 Å². The second-order valence-electron chi connectivity index (χ2n) is 6.95. The third kappa shape index (κ3) is 6.10. The maximum Gasteiger partial charge on any atom is 0.243 e. The molecule has 0 aliphatic carbocycles. The highest BCUT2D eigenvalue weighted by Crippen LogP contribution is 2.21. The molecule has 1 atom stereocenters. The molecule has 0 spiro atoms. The molecule has 6 heteroatoms. The summed E-state index contributed by atoms with van der Waals surface area (Å²) < 4.78 is 25.7. The van der Waals surface area contributed by atoms with Gasteiger partial charge in [0.15, 0.2) is 0 Å². The molecule has 1 amide bonds. The van der Waals surface area contributed by atoms with Gasteiger partial charge in [-0.2, -0.15) is 0 Å². The molecule has 0 saturated heterocycles. The molecule has 0 heterocycles. The lowest BCUT2D eigenvalue weighted by atomic mass is 10.1. The first-order valence-corrected chi connectivity index (χ1v) is 10.9. The van der Waals surface area contributed by atoms with Crippen LogP contribution in [0.15, 0.2) is 48.5 Å². The van der Waals surface area contributed by atoms with Gasteiger partial charge in [-0.05, 0) is 51.3 Å². The second-order valence-corrected chi connectivity index (χ2v) is 8.81. The molecule has 0 aliphatic heterocycles. The van der Waals surface area contributed by atoms with E-state index in [0.717, 1.165) is 24.7 Å². The molecule has 0 fully saturated rings. The summed E-state index contributed by atoms with van der Waals surface area (Å²) in [7, 11) is -3.58. The summed E-state index contributed by atoms with van der Waals surface area (Å²) in [5.74, 6) is -0.301. The molecule has 1 N–H and O–H groups in total. The molecule has 1 unspecified atom stereocenters. The van der Waals surface area contributed by atoms with Crippen molar-refractivity contribution < 1.29 is 13.2 Å². The zero-order valence-corrected chi connectivity index (χ0v) is 17.2. The van der Waals surface area contributed by atoms with Crippen LogP contribution in [0.4, 0.5) is 5.69 Å². The molecule has 0 bridgehead atoms. The Morgan fingerprint density at radius 2 is 1.74 bits per heavy atom. The summed E-state index contributed by atoms with van der Waals surface area (Å²) in [5, 5.41) is 2.86. The maximum absolute atomic E-state index is 12.5. The number of nitrogens with one attached hydrogen (secondary N) is 1. The fourth-order valence-electron chi connectivity index (χ4n) is 3.02. The number of hydrogen-bond acceptors (Lipinski definition) is 3. The molecule has 0 radical (unpaired) electrons. The van der Waals surface area contributed by atoms with Crippen LogP contribution in [-0.2, 0) is 21.2 Å². The Hall–Kier alpha value is -2.34. The van der Waals surface area contributed by atoms with E-state index >= 15 is 0 Å². The van der Waals surface area contributed by atoms with E-state index in [1.54, 1.807) is 19.1 Å². The van der Waals surface area contributed by atoms with Crippen molar-refractivity contribution in [2.24, 2.45) is 0 Å². The van der Waals surface area contributed by atoms with Crippen molar-refractivity contribution in [3.8, 4) is 0 Å². The molecular formula is C21H28N2O3S. The summed E-state index contributed by atoms with van der Waals surface area (Å²) in [4.78, 5) is 12.5. The Bertz CT molecular complexity index is 877. The van der Waals surface area contributed by atoms with Gasteiger partial charge < -0.3 is 5.32 Å². The van der Waals surface area contributed by atoms with E-state index in [4.69, 9.17) is 0 Å². The van der Waals surface area contributed by atoms with Gasteiger partial charge in [-0.15, -0.1) is 0 Å². The van der Waals surface area contributed by atoms with Crippen LogP contribution in [0, 0.1) is 13.8 Å². The van der Waals surface area contributed by atoms with Gasteiger partial charge in [-0.1, -0.05) is 47.5 Å². The van der Waals surface area contributed by atoms with Crippen LogP contribution >= 0.6 is 0 Å². The monoisotopic (exact) mass is 388 g/mol. The van der Waals surface area contributed by atoms with Gasteiger partial charge in [0, 0.05) is 6.54 Å². The third-order valence-electron chi connectivity index (χ3n) is 4.40. The third-order valence-corrected chi connectivity index (χ3v) is 5.64. The highest BCUT2D eigenvalue weighted by Gasteiger charge is 2.28. The van der Waals surface area contributed by atoms with E-state index in [0.29, 0.717) is 12.2 Å². The molecule has 0 saturated carbocycles. The number of carbonyl (C=O) groups is 1. The summed E-state index contributed by atoms with van der Waals surface area (Å²) >= 11 is 0. The predicted molar refractivity (Wildman–Crippen MR) is 110 cm³/mol. The van der Waals surface area contributed by atoms with E-state index in [9.17, 15) is 13.2 Å². The smallest absolute Gasteiger partial charge is 0.243 e. The number of benzene rings is 2. The fourth-order valence-corrected chi connectivity index (χ4v) is 4.19. The quantitative estimate of drug-likeness (QED) is 0.706. The Balaban J connectivity index is 1.97. The zero-order chi connectivity index (χ0) is 20.0. The number of sulfonamides is 1. The predicted octanol–water partition coefficient (Wildman–Crippen LogP) is 3.21. The van der Waals surface area contributed by atoms with Crippen molar-refractivity contribution in [1.82, 2.24) is 5.32 Å². The Labute approximate surface area is 162 Å². The summed E-state index contributed by atoms with van der Waals surface area (Å²) in [6.07, 6.45) is 2.78. The van der Waals surface area contributed by atoms with Crippen molar-refractivity contribution in [3.63, 3.8) is 0 Å². The van der Waals surface area contributed by atoms with Gasteiger partial charge in [0.2, 0.25) is 15.9 Å². The first-order valence-electron chi connectivity index (χ1n) is 9.08. The SMILES string of the molecule is Cc1ccc(N(C(C)C(=O)NCCCc2cccc(C)c2)S(C)(=O)=O)cc1. The second kappa shape index (κ2) is 9.04. The molecule has 2 aromatic carbocycles. The van der Waals surface area contributed by atoms with Crippen molar-refractivity contribution in [2.45, 2.75) is 39.7 Å². The average molecular weight is 389 g/mol. The van der Waals surface area contributed by atoms with Gasteiger partial charge >= 0.3 is 0 Å². The van der Waals surface area contributed by atoms with E-state index < -0.39 is 16.1 Å². The molecule has 2 aromatic rings. The molecule has 27 heavy (non-hydrogen) atoms. The van der Waals surface area contributed by atoms with E-state index in [-0.39, 0.29) is 5.91 Å². The number of nitrogens with zero attached hydrogens (tertiary/aromatic N) is 1. The minimum absolute atomic E-state index is 0.301. The fraction of sp³-hybridized carbons (Fsp3) is 0.381. The van der Waals surface area contributed by atoms with Gasteiger partial charge in [-0.25, -0.2) is 8.42 Å². The summed E-state index contributed by atoms with van der Waals surface area (Å²) in [5.41, 5.74) is 3.97. The normalized spacial score (nSPS) is 12.4.